The average molecular weight is 329 g/mol. The van der Waals surface area contributed by atoms with Crippen LogP contribution in [0.1, 0.15) is 0 Å². The summed E-state index contributed by atoms with van der Waals surface area (Å²) in [6.45, 7) is -0.233. The van der Waals surface area contributed by atoms with E-state index < -0.39 is 0 Å². The number of aromatic nitrogens is 1. The van der Waals surface area contributed by atoms with Gasteiger partial charge in [-0.25, -0.2) is 4.98 Å². The molecule has 24 heavy (non-hydrogen) atoms. The molecule has 0 radical (unpaired) electrons. The maximum Gasteiger partial charge on any atom is 0.263 e. The fraction of sp³-hybridized carbons (Fsp3) is 0.188. The number of amides is 2. The molecule has 2 heterocycles. The van der Waals surface area contributed by atoms with Crippen LogP contribution in [0.5, 0.6) is 17.2 Å². The molecule has 0 spiro atoms. The third-order valence-electron chi connectivity index (χ3n) is 3.15. The predicted octanol–water partition coefficient (Wildman–Crippen LogP) is 1.44. The van der Waals surface area contributed by atoms with Crippen molar-refractivity contribution in [2.24, 2.45) is 0 Å². The van der Waals surface area contributed by atoms with Gasteiger partial charge in [0.05, 0.1) is 7.11 Å². The van der Waals surface area contributed by atoms with E-state index in [0.29, 0.717) is 23.1 Å². The van der Waals surface area contributed by atoms with Gasteiger partial charge in [-0.3, -0.25) is 9.59 Å². The largest absolute Gasteiger partial charge is 0.497 e. The lowest BCUT2D eigenvalue weighted by Gasteiger charge is -2.17. The Hall–Kier alpha value is -3.29. The van der Waals surface area contributed by atoms with Crippen molar-refractivity contribution in [2.75, 3.05) is 31.0 Å². The molecular weight excluding hydrogens is 314 g/mol. The summed E-state index contributed by atoms with van der Waals surface area (Å²) in [6.07, 6.45) is 0. The number of carbonyl (C=O) groups excluding carboxylic acids is 2. The topological polar surface area (TPSA) is 98.8 Å². The number of nitrogens with zero attached hydrogens (tertiary/aromatic N) is 1. The van der Waals surface area contributed by atoms with E-state index in [0.717, 1.165) is 0 Å². The Morgan fingerprint density at radius 2 is 2.17 bits per heavy atom. The number of anilines is 2. The molecule has 1 aromatic carbocycles. The van der Waals surface area contributed by atoms with E-state index in [1.807, 2.05) is 0 Å². The molecule has 0 atom stereocenters. The molecule has 0 bridgehead atoms. The SMILES string of the molecule is COc1cccc(OCC(=O)Nc2ccc3c(n2)NC(=O)CO3)c1. The number of hydrogen-bond donors (Lipinski definition) is 2. The molecule has 1 aromatic heterocycles. The third kappa shape index (κ3) is 3.72. The summed E-state index contributed by atoms with van der Waals surface area (Å²) in [5, 5.41) is 5.17. The fourth-order valence-electron chi connectivity index (χ4n) is 2.05. The monoisotopic (exact) mass is 329 g/mol. The summed E-state index contributed by atoms with van der Waals surface area (Å²) in [5.41, 5.74) is 0. The first-order valence-corrected chi connectivity index (χ1v) is 7.14. The molecule has 2 aromatic rings. The molecule has 8 heteroatoms. The maximum absolute atomic E-state index is 11.9. The van der Waals surface area contributed by atoms with Crippen LogP contribution in [0.2, 0.25) is 0 Å². The number of methoxy groups -OCH3 is 1. The number of pyridine rings is 1. The number of hydrogen-bond acceptors (Lipinski definition) is 6. The molecule has 0 fully saturated rings. The Balaban J connectivity index is 1.58. The summed E-state index contributed by atoms with van der Waals surface area (Å²) in [6, 6.07) is 10.2. The molecule has 124 valence electrons. The van der Waals surface area contributed by atoms with Crippen LogP contribution in [0.3, 0.4) is 0 Å². The van der Waals surface area contributed by atoms with Crippen molar-refractivity contribution in [1.82, 2.24) is 4.98 Å². The first-order chi connectivity index (χ1) is 11.6. The summed E-state index contributed by atoms with van der Waals surface area (Å²) in [4.78, 5) is 27.3. The Labute approximate surface area is 137 Å². The van der Waals surface area contributed by atoms with Crippen molar-refractivity contribution in [3.8, 4) is 17.2 Å². The van der Waals surface area contributed by atoms with Gasteiger partial charge in [0, 0.05) is 6.07 Å². The first-order valence-electron chi connectivity index (χ1n) is 7.14. The van der Waals surface area contributed by atoms with Gasteiger partial charge in [-0.2, -0.15) is 0 Å². The van der Waals surface area contributed by atoms with Gasteiger partial charge in [-0.1, -0.05) is 6.07 Å². The minimum absolute atomic E-state index is 0.0469. The summed E-state index contributed by atoms with van der Waals surface area (Å²) in [5.74, 6) is 1.51. The highest BCUT2D eigenvalue weighted by molar-refractivity contribution is 5.95. The molecule has 8 nitrogen and oxygen atoms in total. The number of ether oxygens (including phenoxy) is 3. The zero-order valence-electron chi connectivity index (χ0n) is 12.9. The molecule has 0 aliphatic carbocycles. The van der Waals surface area contributed by atoms with Crippen LogP contribution in [0.4, 0.5) is 11.6 Å². The van der Waals surface area contributed by atoms with Crippen LogP contribution in [0.15, 0.2) is 36.4 Å². The number of nitrogens with one attached hydrogen (secondary N) is 2. The van der Waals surface area contributed by atoms with E-state index in [-0.39, 0.29) is 30.8 Å². The number of rotatable bonds is 5. The smallest absolute Gasteiger partial charge is 0.263 e. The van der Waals surface area contributed by atoms with Crippen LogP contribution in [-0.2, 0) is 9.59 Å². The van der Waals surface area contributed by atoms with E-state index in [9.17, 15) is 9.59 Å². The molecule has 2 amide bonds. The molecular formula is C16H15N3O5. The van der Waals surface area contributed by atoms with Gasteiger partial charge in [0.15, 0.2) is 24.8 Å². The minimum Gasteiger partial charge on any atom is -0.497 e. The van der Waals surface area contributed by atoms with Gasteiger partial charge in [-0.05, 0) is 24.3 Å². The van der Waals surface area contributed by atoms with Crippen molar-refractivity contribution in [3.05, 3.63) is 36.4 Å². The van der Waals surface area contributed by atoms with Gasteiger partial charge in [0.2, 0.25) is 0 Å². The normalized spacial score (nSPS) is 12.5. The van der Waals surface area contributed by atoms with E-state index in [1.165, 1.54) is 0 Å². The van der Waals surface area contributed by atoms with Crippen molar-refractivity contribution >= 4 is 23.5 Å². The zero-order valence-corrected chi connectivity index (χ0v) is 12.9. The zero-order chi connectivity index (χ0) is 16.9. The van der Waals surface area contributed by atoms with Crippen LogP contribution in [0, 0.1) is 0 Å². The molecule has 2 N–H and O–H groups in total. The Bertz CT molecular complexity index is 778. The molecule has 3 rings (SSSR count). The highest BCUT2D eigenvalue weighted by Crippen LogP contribution is 2.26. The van der Waals surface area contributed by atoms with E-state index in [4.69, 9.17) is 14.2 Å². The molecule has 0 unspecified atom stereocenters. The lowest BCUT2D eigenvalue weighted by atomic mass is 10.3. The lowest BCUT2D eigenvalue weighted by Crippen LogP contribution is -2.27. The van der Waals surface area contributed by atoms with Crippen LogP contribution in [0.25, 0.3) is 0 Å². The van der Waals surface area contributed by atoms with Crippen molar-refractivity contribution < 1.29 is 23.8 Å². The van der Waals surface area contributed by atoms with Gasteiger partial charge in [0.25, 0.3) is 11.8 Å². The standard InChI is InChI=1S/C16H15N3O5/c1-22-10-3-2-4-11(7-10)23-8-14(20)17-13-6-5-12-16(18-13)19-15(21)9-24-12/h2-7H,8-9H2,1H3,(H2,17,18,19,20,21). The Morgan fingerprint density at radius 1 is 1.33 bits per heavy atom. The van der Waals surface area contributed by atoms with Crippen LogP contribution in [-0.4, -0.2) is 37.1 Å². The number of carbonyl (C=O) groups is 2. The molecule has 0 saturated heterocycles. The highest BCUT2D eigenvalue weighted by Gasteiger charge is 2.18. The molecule has 0 saturated carbocycles. The van der Waals surface area contributed by atoms with Crippen molar-refractivity contribution in [3.63, 3.8) is 0 Å². The second kappa shape index (κ2) is 6.86. The Kier molecular flexibility index (Phi) is 4.46. The van der Waals surface area contributed by atoms with E-state index >= 15 is 0 Å². The first kappa shape index (κ1) is 15.6. The summed E-state index contributed by atoms with van der Waals surface area (Å²) in [7, 11) is 1.55. The quantitative estimate of drug-likeness (QED) is 0.861. The fourth-order valence-corrected chi connectivity index (χ4v) is 2.05. The molecule has 1 aliphatic rings. The second-order valence-corrected chi connectivity index (χ2v) is 4.90. The lowest BCUT2D eigenvalue weighted by molar-refractivity contribution is -0.119. The van der Waals surface area contributed by atoms with Crippen LogP contribution >= 0.6 is 0 Å². The maximum atomic E-state index is 11.9. The highest BCUT2D eigenvalue weighted by atomic mass is 16.5. The van der Waals surface area contributed by atoms with Gasteiger partial charge in [0.1, 0.15) is 17.3 Å². The average Bonchev–Trinajstić information content (AvgIpc) is 2.60. The summed E-state index contributed by atoms with van der Waals surface area (Å²) >= 11 is 0. The van der Waals surface area contributed by atoms with Crippen molar-refractivity contribution in [1.29, 1.82) is 0 Å². The predicted molar refractivity (Wildman–Crippen MR) is 85.5 cm³/mol. The summed E-state index contributed by atoms with van der Waals surface area (Å²) < 4.78 is 15.7. The van der Waals surface area contributed by atoms with E-state index in [2.05, 4.69) is 15.6 Å². The second-order valence-electron chi connectivity index (χ2n) is 4.90. The third-order valence-corrected chi connectivity index (χ3v) is 3.15. The van der Waals surface area contributed by atoms with Crippen LogP contribution < -0.4 is 24.8 Å². The minimum atomic E-state index is -0.381. The number of benzene rings is 1. The van der Waals surface area contributed by atoms with E-state index in [1.54, 1.807) is 43.5 Å². The van der Waals surface area contributed by atoms with Gasteiger partial charge >= 0.3 is 0 Å². The van der Waals surface area contributed by atoms with Crippen molar-refractivity contribution in [2.45, 2.75) is 0 Å². The molecule has 1 aliphatic heterocycles. The Morgan fingerprint density at radius 3 is 3.00 bits per heavy atom. The van der Waals surface area contributed by atoms with Gasteiger partial charge in [-0.15, -0.1) is 0 Å². The van der Waals surface area contributed by atoms with Gasteiger partial charge < -0.3 is 24.8 Å². The number of fused-ring (bicyclic) bond motifs is 1.